The maximum absolute atomic E-state index is 12.8. The van der Waals surface area contributed by atoms with Gasteiger partial charge in [-0.2, -0.15) is 0 Å². The van der Waals surface area contributed by atoms with Crippen LogP contribution in [-0.4, -0.2) is 40.6 Å². The van der Waals surface area contributed by atoms with E-state index in [4.69, 9.17) is 0 Å². The summed E-state index contributed by atoms with van der Waals surface area (Å²) in [5.74, 6) is 2.48. The largest absolute Gasteiger partial charge is 0.349 e. The molecule has 0 unspecified atom stereocenters. The van der Waals surface area contributed by atoms with Crippen molar-refractivity contribution in [1.82, 2.24) is 40.0 Å². The first-order valence-electron chi connectivity index (χ1n) is 11.4. The van der Waals surface area contributed by atoms with Gasteiger partial charge in [0.25, 0.3) is 0 Å². The summed E-state index contributed by atoms with van der Waals surface area (Å²) in [4.78, 5) is 28.6. The second-order valence-corrected chi connectivity index (χ2v) is 8.19. The smallest absolute Gasteiger partial charge is 0.224 e. The monoisotopic (exact) mass is 475 g/mol. The molecule has 0 atom stereocenters. The number of nitrogens with zero attached hydrogens (tertiary/aromatic N) is 6. The molecule has 0 spiro atoms. The summed E-state index contributed by atoms with van der Waals surface area (Å²) < 4.78 is 1.94. The number of H-pyrrole nitrogens is 1. The third-order valence-electron chi connectivity index (χ3n) is 5.77. The Kier molecular flexibility index (Phi) is 5.51. The number of fused-ring (bicyclic) bond motifs is 2. The molecule has 6 aromatic rings. The van der Waals surface area contributed by atoms with Gasteiger partial charge in [-0.05, 0) is 42.0 Å². The van der Waals surface area contributed by atoms with E-state index in [1.54, 1.807) is 12.3 Å². The average molecular weight is 476 g/mol. The number of carbonyl (C=O) groups excluding carboxylic acids is 1. The first kappa shape index (κ1) is 21.4. The van der Waals surface area contributed by atoms with Gasteiger partial charge < -0.3 is 15.6 Å². The van der Waals surface area contributed by atoms with E-state index < -0.39 is 0 Å². The van der Waals surface area contributed by atoms with Crippen LogP contribution in [0.15, 0.2) is 85.5 Å². The Labute approximate surface area is 205 Å². The zero-order chi connectivity index (χ0) is 24.3. The third kappa shape index (κ3) is 4.34. The second kappa shape index (κ2) is 9.26. The van der Waals surface area contributed by atoms with Gasteiger partial charge >= 0.3 is 0 Å². The number of hydrogen-bond donors (Lipinski definition) is 3. The van der Waals surface area contributed by atoms with Crippen LogP contribution in [0.2, 0.25) is 0 Å². The van der Waals surface area contributed by atoms with Crippen LogP contribution in [0.5, 0.6) is 0 Å². The maximum atomic E-state index is 12.8. The highest BCUT2D eigenvalue weighted by Crippen LogP contribution is 2.25. The topological polar surface area (TPSA) is 126 Å². The van der Waals surface area contributed by atoms with E-state index in [0.717, 1.165) is 33.3 Å². The molecule has 0 radical (unpaired) electrons. The van der Waals surface area contributed by atoms with Crippen LogP contribution >= 0.6 is 0 Å². The number of aromatic amines is 1. The molecule has 4 heterocycles. The lowest BCUT2D eigenvalue weighted by atomic mass is 10.1. The summed E-state index contributed by atoms with van der Waals surface area (Å²) in [6.07, 6.45) is 5.28. The number of aromatic nitrogens is 7. The molecule has 36 heavy (non-hydrogen) atoms. The predicted octanol–water partition coefficient (Wildman–Crippen LogP) is 3.69. The molecule has 0 aliphatic rings. The molecule has 3 N–H and O–H groups in total. The van der Waals surface area contributed by atoms with Crippen molar-refractivity contribution in [2.75, 3.05) is 5.32 Å². The fourth-order valence-electron chi connectivity index (χ4n) is 4.10. The van der Waals surface area contributed by atoms with Gasteiger partial charge in [-0.15, -0.1) is 10.2 Å². The Morgan fingerprint density at radius 2 is 1.83 bits per heavy atom. The van der Waals surface area contributed by atoms with E-state index in [9.17, 15) is 4.79 Å². The summed E-state index contributed by atoms with van der Waals surface area (Å²) in [6.45, 7) is 0.332. The van der Waals surface area contributed by atoms with E-state index in [2.05, 4.69) is 40.8 Å². The lowest BCUT2D eigenvalue weighted by molar-refractivity contribution is -0.120. The van der Waals surface area contributed by atoms with Crippen LogP contribution in [0.1, 0.15) is 11.4 Å². The molecular weight excluding hydrogens is 454 g/mol. The van der Waals surface area contributed by atoms with Crippen molar-refractivity contribution in [1.29, 1.82) is 0 Å². The zero-order valence-electron chi connectivity index (χ0n) is 19.1. The molecule has 1 amide bonds. The Morgan fingerprint density at radius 3 is 2.67 bits per heavy atom. The van der Waals surface area contributed by atoms with Crippen molar-refractivity contribution < 1.29 is 4.79 Å². The summed E-state index contributed by atoms with van der Waals surface area (Å²) in [6, 6.07) is 21.2. The zero-order valence-corrected chi connectivity index (χ0v) is 19.1. The minimum atomic E-state index is -0.0890. The van der Waals surface area contributed by atoms with Crippen LogP contribution < -0.4 is 10.6 Å². The van der Waals surface area contributed by atoms with Crippen LogP contribution in [0.25, 0.3) is 27.8 Å². The first-order valence-corrected chi connectivity index (χ1v) is 11.4. The highest BCUT2D eigenvalue weighted by atomic mass is 16.1. The summed E-state index contributed by atoms with van der Waals surface area (Å²) in [7, 11) is 0. The number of nitrogens with one attached hydrogen (secondary N) is 3. The van der Waals surface area contributed by atoms with Crippen molar-refractivity contribution >= 4 is 39.5 Å². The number of para-hydroxylation sites is 3. The molecule has 2 aromatic carbocycles. The normalized spacial score (nSPS) is 11.1. The lowest BCUT2D eigenvalue weighted by Crippen LogP contribution is -2.25. The minimum Gasteiger partial charge on any atom is -0.349 e. The highest BCUT2D eigenvalue weighted by molar-refractivity contribution is 5.90. The van der Waals surface area contributed by atoms with E-state index in [1.165, 1.54) is 6.33 Å². The molecule has 0 bridgehead atoms. The molecule has 0 saturated heterocycles. The van der Waals surface area contributed by atoms with Crippen molar-refractivity contribution in [2.45, 2.75) is 13.0 Å². The number of rotatable bonds is 7. The molecule has 4 aromatic heterocycles. The standard InChI is InChI=1S/C26H21N9O/c36-26(28-14-24-30-19-6-2-3-7-20(19)31-24)13-17-15-35(21-8-4-1-5-18(17)21)25-10-9-23(33-34-25)32-22-11-12-27-16-29-22/h1-12,15-16H,13-14H2,(H,28,36)(H,30,31)(H,27,29,32,33). The van der Waals surface area contributed by atoms with Crippen LogP contribution in [-0.2, 0) is 17.8 Å². The van der Waals surface area contributed by atoms with Gasteiger partial charge in [-0.3, -0.25) is 9.36 Å². The van der Waals surface area contributed by atoms with Gasteiger partial charge in [0.15, 0.2) is 11.6 Å². The molecule has 10 heteroatoms. The van der Waals surface area contributed by atoms with E-state index >= 15 is 0 Å². The Balaban J connectivity index is 1.19. The number of amides is 1. The van der Waals surface area contributed by atoms with Crippen molar-refractivity contribution in [3.8, 4) is 5.82 Å². The Hall–Kier alpha value is -5.12. The second-order valence-electron chi connectivity index (χ2n) is 8.19. The van der Waals surface area contributed by atoms with Gasteiger partial charge in [0.1, 0.15) is 18.0 Å². The van der Waals surface area contributed by atoms with Crippen LogP contribution in [0, 0.1) is 0 Å². The Bertz CT molecular complexity index is 1620. The highest BCUT2D eigenvalue weighted by Gasteiger charge is 2.14. The number of imidazole rings is 1. The molecule has 0 fully saturated rings. The molecular formula is C26H21N9O. The summed E-state index contributed by atoms with van der Waals surface area (Å²) >= 11 is 0. The maximum Gasteiger partial charge on any atom is 0.224 e. The third-order valence-corrected chi connectivity index (χ3v) is 5.77. The van der Waals surface area contributed by atoms with Gasteiger partial charge in [0.2, 0.25) is 5.91 Å². The molecule has 176 valence electrons. The lowest BCUT2D eigenvalue weighted by Gasteiger charge is -2.06. The summed E-state index contributed by atoms with van der Waals surface area (Å²) in [5, 5.41) is 15.7. The van der Waals surface area contributed by atoms with Gasteiger partial charge in [-0.25, -0.2) is 15.0 Å². The quantitative estimate of drug-likeness (QED) is 0.321. The molecule has 0 aliphatic heterocycles. The van der Waals surface area contributed by atoms with E-state index in [0.29, 0.717) is 24.0 Å². The van der Waals surface area contributed by atoms with E-state index in [-0.39, 0.29) is 12.3 Å². The predicted molar refractivity (Wildman–Crippen MR) is 136 cm³/mol. The first-order chi connectivity index (χ1) is 17.7. The fourth-order valence-corrected chi connectivity index (χ4v) is 4.10. The minimum absolute atomic E-state index is 0.0890. The average Bonchev–Trinajstić information content (AvgIpc) is 3.50. The van der Waals surface area contributed by atoms with Crippen molar-refractivity contribution in [3.05, 3.63) is 96.8 Å². The van der Waals surface area contributed by atoms with Gasteiger partial charge in [-0.1, -0.05) is 30.3 Å². The fraction of sp³-hybridized carbons (Fsp3) is 0.0769. The Morgan fingerprint density at radius 1 is 0.944 bits per heavy atom. The van der Waals surface area contributed by atoms with Gasteiger partial charge in [0, 0.05) is 17.8 Å². The van der Waals surface area contributed by atoms with Crippen molar-refractivity contribution in [2.24, 2.45) is 0 Å². The molecule has 10 nitrogen and oxygen atoms in total. The number of hydrogen-bond acceptors (Lipinski definition) is 7. The van der Waals surface area contributed by atoms with E-state index in [1.807, 2.05) is 71.4 Å². The van der Waals surface area contributed by atoms with Crippen LogP contribution in [0.4, 0.5) is 11.6 Å². The van der Waals surface area contributed by atoms with Crippen LogP contribution in [0.3, 0.4) is 0 Å². The van der Waals surface area contributed by atoms with Crippen molar-refractivity contribution in [3.63, 3.8) is 0 Å². The molecule has 6 rings (SSSR count). The summed E-state index contributed by atoms with van der Waals surface area (Å²) in [5.41, 5.74) is 3.68. The molecule has 0 saturated carbocycles. The SMILES string of the molecule is O=C(Cc1cn(-c2ccc(Nc3ccncn3)nn2)c2ccccc12)NCc1nc2ccccc2[nH]1. The number of benzene rings is 2. The number of carbonyl (C=O) groups is 1. The van der Waals surface area contributed by atoms with Gasteiger partial charge in [0.05, 0.1) is 29.5 Å². The molecule has 0 aliphatic carbocycles. The number of anilines is 2.